The van der Waals surface area contributed by atoms with Crippen molar-refractivity contribution >= 4 is 29.1 Å². The molecule has 0 unspecified atom stereocenters. The maximum atomic E-state index is 13.7. The van der Waals surface area contributed by atoms with Gasteiger partial charge in [0, 0.05) is 18.3 Å². The summed E-state index contributed by atoms with van der Waals surface area (Å²) in [5.74, 6) is -3.04. The number of rotatable bonds is 7. The second-order valence-electron chi connectivity index (χ2n) is 5.41. The Bertz CT molecular complexity index is 952. The normalized spacial score (nSPS) is 10.9. The maximum Gasteiger partial charge on any atom is 0.229 e. The molecule has 2 heterocycles. The van der Waals surface area contributed by atoms with Gasteiger partial charge >= 0.3 is 0 Å². The molecule has 3 N–H and O–H groups in total. The average Bonchev–Trinajstić information content (AvgIpc) is 3.08. The number of aliphatic hydroxyl groups excluding tert-OH is 1. The minimum Gasteiger partial charge on any atom is -0.394 e. The van der Waals surface area contributed by atoms with Crippen molar-refractivity contribution in [2.45, 2.75) is 13.1 Å². The first-order valence-corrected chi connectivity index (χ1v) is 8.15. The predicted molar refractivity (Wildman–Crippen MR) is 93.3 cm³/mol. The van der Waals surface area contributed by atoms with Crippen molar-refractivity contribution in [1.29, 1.82) is 0 Å². The summed E-state index contributed by atoms with van der Waals surface area (Å²) in [7, 11) is 0. The molecule has 0 amide bonds. The van der Waals surface area contributed by atoms with Gasteiger partial charge in [0.1, 0.15) is 10.8 Å². The average molecular weight is 399 g/mol. The van der Waals surface area contributed by atoms with E-state index in [4.69, 9.17) is 16.7 Å². The van der Waals surface area contributed by atoms with Crippen molar-refractivity contribution in [3.8, 4) is 0 Å². The van der Waals surface area contributed by atoms with E-state index in [2.05, 4.69) is 25.7 Å². The molecule has 0 atom stereocenters. The summed E-state index contributed by atoms with van der Waals surface area (Å²) in [5, 5.41) is 18.6. The van der Waals surface area contributed by atoms with Crippen molar-refractivity contribution in [2.75, 3.05) is 17.2 Å². The third kappa shape index (κ3) is 4.47. The van der Waals surface area contributed by atoms with Crippen molar-refractivity contribution < 1.29 is 18.3 Å². The van der Waals surface area contributed by atoms with Gasteiger partial charge in [-0.05, 0) is 12.1 Å². The number of hydrogen-bond acceptors (Lipinski definition) is 6. The summed E-state index contributed by atoms with van der Waals surface area (Å²) >= 11 is 6.00. The minimum absolute atomic E-state index is 0.0557. The van der Waals surface area contributed by atoms with E-state index in [1.807, 2.05) is 0 Å². The van der Waals surface area contributed by atoms with Gasteiger partial charge in [-0.3, -0.25) is 4.68 Å². The van der Waals surface area contributed by atoms with Crippen LogP contribution in [0.15, 0.2) is 30.7 Å². The highest BCUT2D eigenvalue weighted by molar-refractivity contribution is 6.32. The standard InChI is InChI=1S/C16H14ClF3N6O/c17-11-7-22-16(24-9-5-23-26(8-9)3-4-27)25-15(11)21-6-10-12(18)1-2-13(19)14(10)20/h1-2,5,7-8,27H,3-4,6H2,(H2,21,22,24,25). The number of nitrogens with zero attached hydrogens (tertiary/aromatic N) is 4. The summed E-state index contributed by atoms with van der Waals surface area (Å²) in [6, 6.07) is 1.55. The van der Waals surface area contributed by atoms with Crippen molar-refractivity contribution in [3.05, 3.63) is 58.8 Å². The first-order chi connectivity index (χ1) is 13.0. The fraction of sp³-hybridized carbons (Fsp3) is 0.188. The molecule has 1 aromatic carbocycles. The van der Waals surface area contributed by atoms with E-state index < -0.39 is 23.0 Å². The number of nitrogens with one attached hydrogen (secondary N) is 2. The highest BCUT2D eigenvalue weighted by atomic mass is 35.5. The molecular weight excluding hydrogens is 385 g/mol. The number of anilines is 3. The van der Waals surface area contributed by atoms with Crippen LogP contribution in [0.3, 0.4) is 0 Å². The van der Waals surface area contributed by atoms with Crippen LogP contribution in [-0.4, -0.2) is 31.5 Å². The molecule has 142 valence electrons. The zero-order chi connectivity index (χ0) is 19.4. The molecule has 0 spiro atoms. The molecule has 0 bridgehead atoms. The lowest BCUT2D eigenvalue weighted by Crippen LogP contribution is -2.09. The van der Waals surface area contributed by atoms with E-state index in [9.17, 15) is 13.2 Å². The lowest BCUT2D eigenvalue weighted by atomic mass is 10.2. The van der Waals surface area contributed by atoms with Crippen LogP contribution in [0.1, 0.15) is 5.56 Å². The first-order valence-electron chi connectivity index (χ1n) is 7.77. The molecule has 2 aromatic heterocycles. The van der Waals surface area contributed by atoms with Gasteiger partial charge in [-0.15, -0.1) is 0 Å². The zero-order valence-corrected chi connectivity index (χ0v) is 14.5. The number of aromatic nitrogens is 4. The summed E-state index contributed by atoms with van der Waals surface area (Å²) < 4.78 is 42.2. The Kier molecular flexibility index (Phi) is 5.77. The molecule has 0 aliphatic heterocycles. The number of hydrogen-bond donors (Lipinski definition) is 3. The Balaban J connectivity index is 1.74. The van der Waals surface area contributed by atoms with Crippen LogP contribution in [0.25, 0.3) is 0 Å². The number of halogens is 4. The Morgan fingerprint density at radius 1 is 1.15 bits per heavy atom. The van der Waals surface area contributed by atoms with Crippen molar-refractivity contribution in [3.63, 3.8) is 0 Å². The zero-order valence-electron chi connectivity index (χ0n) is 13.8. The van der Waals surface area contributed by atoms with Gasteiger partial charge in [-0.25, -0.2) is 18.2 Å². The van der Waals surface area contributed by atoms with E-state index in [1.165, 1.54) is 17.1 Å². The molecule has 0 saturated carbocycles. The maximum absolute atomic E-state index is 13.7. The van der Waals surface area contributed by atoms with E-state index in [1.54, 1.807) is 6.20 Å². The molecule has 0 aliphatic carbocycles. The highest BCUT2D eigenvalue weighted by Crippen LogP contribution is 2.23. The van der Waals surface area contributed by atoms with Crippen LogP contribution >= 0.6 is 11.6 Å². The Labute approximate surface area is 156 Å². The van der Waals surface area contributed by atoms with Crippen LogP contribution in [-0.2, 0) is 13.1 Å². The van der Waals surface area contributed by atoms with Gasteiger partial charge in [0.25, 0.3) is 0 Å². The van der Waals surface area contributed by atoms with E-state index >= 15 is 0 Å². The minimum atomic E-state index is -1.28. The SMILES string of the molecule is OCCn1cc(Nc2ncc(Cl)c(NCc3c(F)ccc(F)c3F)n2)cn1. The fourth-order valence-corrected chi connectivity index (χ4v) is 2.39. The smallest absolute Gasteiger partial charge is 0.229 e. The quantitative estimate of drug-likeness (QED) is 0.530. The Hall–Kier alpha value is -2.85. The fourth-order valence-electron chi connectivity index (χ4n) is 2.24. The topological polar surface area (TPSA) is 87.9 Å². The first kappa shape index (κ1) is 18.9. The number of benzene rings is 1. The second kappa shape index (κ2) is 8.23. The molecule has 11 heteroatoms. The third-order valence-electron chi connectivity index (χ3n) is 3.53. The summed E-state index contributed by atoms with van der Waals surface area (Å²) in [4.78, 5) is 8.13. The van der Waals surface area contributed by atoms with E-state index in [0.717, 1.165) is 6.07 Å². The van der Waals surface area contributed by atoms with Crippen LogP contribution < -0.4 is 10.6 Å². The van der Waals surface area contributed by atoms with Gasteiger partial charge in [0.05, 0.1) is 31.2 Å². The number of aliphatic hydroxyl groups is 1. The predicted octanol–water partition coefficient (Wildman–Crippen LogP) is 3.09. The van der Waals surface area contributed by atoms with Crippen molar-refractivity contribution in [1.82, 2.24) is 19.7 Å². The van der Waals surface area contributed by atoms with Gasteiger partial charge in [0.2, 0.25) is 5.95 Å². The van der Waals surface area contributed by atoms with Crippen LogP contribution in [0.4, 0.5) is 30.6 Å². The van der Waals surface area contributed by atoms with Crippen LogP contribution in [0, 0.1) is 17.5 Å². The lowest BCUT2D eigenvalue weighted by Gasteiger charge is -2.11. The van der Waals surface area contributed by atoms with Gasteiger partial charge < -0.3 is 15.7 Å². The molecule has 0 radical (unpaired) electrons. The van der Waals surface area contributed by atoms with E-state index in [-0.39, 0.29) is 29.9 Å². The van der Waals surface area contributed by atoms with Crippen molar-refractivity contribution in [2.24, 2.45) is 0 Å². The molecule has 0 saturated heterocycles. The third-order valence-corrected chi connectivity index (χ3v) is 3.81. The second-order valence-corrected chi connectivity index (χ2v) is 5.81. The van der Waals surface area contributed by atoms with Gasteiger partial charge in [-0.1, -0.05) is 11.6 Å². The van der Waals surface area contributed by atoms with E-state index in [0.29, 0.717) is 18.3 Å². The van der Waals surface area contributed by atoms with Gasteiger partial charge in [0.15, 0.2) is 17.5 Å². The molecule has 0 fully saturated rings. The monoisotopic (exact) mass is 398 g/mol. The molecule has 0 aliphatic rings. The van der Waals surface area contributed by atoms with Gasteiger partial charge in [-0.2, -0.15) is 10.1 Å². The van der Waals surface area contributed by atoms with Crippen LogP contribution in [0.2, 0.25) is 5.02 Å². The Morgan fingerprint density at radius 2 is 1.93 bits per heavy atom. The largest absolute Gasteiger partial charge is 0.394 e. The summed E-state index contributed by atoms with van der Waals surface area (Å²) in [6.45, 7) is -0.0827. The summed E-state index contributed by atoms with van der Waals surface area (Å²) in [6.07, 6.45) is 4.45. The lowest BCUT2D eigenvalue weighted by molar-refractivity contribution is 0.269. The molecule has 3 rings (SSSR count). The highest BCUT2D eigenvalue weighted by Gasteiger charge is 2.15. The Morgan fingerprint density at radius 3 is 2.70 bits per heavy atom. The molecule has 7 nitrogen and oxygen atoms in total. The molecule has 27 heavy (non-hydrogen) atoms. The molecule has 3 aromatic rings. The summed E-state index contributed by atoms with van der Waals surface area (Å²) in [5.41, 5.74) is 0.100. The molecular formula is C16H14ClF3N6O. The van der Waals surface area contributed by atoms with Crippen LogP contribution in [0.5, 0.6) is 0 Å².